The lowest BCUT2D eigenvalue weighted by atomic mass is 9.98. The van der Waals surface area contributed by atoms with Gasteiger partial charge in [-0.05, 0) is 6.42 Å². The van der Waals surface area contributed by atoms with Gasteiger partial charge in [-0.15, -0.1) is 0 Å². The highest BCUT2D eigenvalue weighted by Gasteiger charge is 2.20. The molecular weight excluding hydrogens is 118 g/mol. The average molecular weight is 131 g/mol. The Bertz CT molecular complexity index is 87.1. The molecule has 54 valence electrons. The molecule has 1 fully saturated rings. The Morgan fingerprint density at radius 1 is 1.67 bits per heavy atom. The van der Waals surface area contributed by atoms with Crippen LogP contribution in [0.2, 0.25) is 0 Å². The van der Waals surface area contributed by atoms with Gasteiger partial charge in [0, 0.05) is 25.2 Å². The average Bonchev–Trinajstić information content (AvgIpc) is 1.89. The minimum atomic E-state index is 0.142. The molecular formula is C6H13NO2. The van der Waals surface area contributed by atoms with Crippen LogP contribution in [0.4, 0.5) is 0 Å². The summed E-state index contributed by atoms with van der Waals surface area (Å²) in [4.78, 5) is 0. The van der Waals surface area contributed by atoms with E-state index >= 15 is 0 Å². The maximum atomic E-state index is 8.70. The largest absolute Gasteiger partial charge is 0.396 e. The molecule has 0 unspecified atom stereocenters. The van der Waals surface area contributed by atoms with Crippen LogP contribution in [0, 0.1) is 5.92 Å². The molecule has 3 N–H and O–H groups in total. The molecule has 0 radical (unpaired) electrons. The van der Waals surface area contributed by atoms with Crippen molar-refractivity contribution in [3.8, 4) is 0 Å². The molecule has 0 aromatic carbocycles. The maximum absolute atomic E-state index is 8.70. The highest BCUT2D eigenvalue weighted by molar-refractivity contribution is 4.74. The van der Waals surface area contributed by atoms with Crippen molar-refractivity contribution in [2.24, 2.45) is 11.7 Å². The molecule has 1 aliphatic heterocycles. The summed E-state index contributed by atoms with van der Waals surface area (Å²) < 4.78 is 5.10. The van der Waals surface area contributed by atoms with Crippen LogP contribution in [0.5, 0.6) is 0 Å². The maximum Gasteiger partial charge on any atom is 0.0531 e. The first kappa shape index (κ1) is 6.99. The molecule has 3 heteroatoms. The van der Waals surface area contributed by atoms with Crippen LogP contribution in [-0.2, 0) is 4.74 Å². The van der Waals surface area contributed by atoms with Gasteiger partial charge in [-0.1, -0.05) is 0 Å². The monoisotopic (exact) mass is 131 g/mol. The Morgan fingerprint density at radius 2 is 2.44 bits per heavy atom. The summed E-state index contributed by atoms with van der Waals surface area (Å²) in [5, 5.41) is 8.70. The smallest absolute Gasteiger partial charge is 0.0531 e. The zero-order chi connectivity index (χ0) is 6.69. The number of aliphatic hydroxyl groups is 1. The van der Waals surface area contributed by atoms with Crippen molar-refractivity contribution in [2.75, 3.05) is 19.8 Å². The third kappa shape index (κ3) is 1.64. The summed E-state index contributed by atoms with van der Waals surface area (Å²) in [7, 11) is 0. The van der Waals surface area contributed by atoms with Gasteiger partial charge in [0.2, 0.25) is 0 Å². The fourth-order valence-electron chi connectivity index (χ4n) is 1.00. The van der Waals surface area contributed by atoms with Crippen LogP contribution in [0.1, 0.15) is 6.42 Å². The Labute approximate surface area is 54.8 Å². The molecule has 0 amide bonds. The molecule has 0 aliphatic carbocycles. The Hall–Kier alpha value is -0.120. The van der Waals surface area contributed by atoms with Crippen molar-refractivity contribution in [2.45, 2.75) is 12.5 Å². The lowest BCUT2D eigenvalue weighted by Gasteiger charge is -2.26. The van der Waals surface area contributed by atoms with Gasteiger partial charge in [-0.25, -0.2) is 0 Å². The Kier molecular flexibility index (Phi) is 2.45. The van der Waals surface area contributed by atoms with Gasteiger partial charge >= 0.3 is 0 Å². The number of hydrogen-bond acceptors (Lipinski definition) is 3. The number of aliphatic hydroxyl groups excluding tert-OH is 1. The van der Waals surface area contributed by atoms with Gasteiger partial charge in [0.05, 0.1) is 6.61 Å². The molecule has 0 aromatic heterocycles. The second-order valence-corrected chi connectivity index (χ2v) is 2.47. The van der Waals surface area contributed by atoms with Crippen molar-refractivity contribution in [1.29, 1.82) is 0 Å². The van der Waals surface area contributed by atoms with Crippen LogP contribution in [0.15, 0.2) is 0 Å². The van der Waals surface area contributed by atoms with E-state index in [4.69, 9.17) is 15.6 Å². The van der Waals surface area contributed by atoms with Gasteiger partial charge in [-0.3, -0.25) is 0 Å². The standard InChI is InChI=1S/C6H13NO2/c7-6-1-2-9-4-5(6)3-8/h5-6,8H,1-4,7H2/t5-,6-/m1/s1. The van der Waals surface area contributed by atoms with Gasteiger partial charge in [0.1, 0.15) is 0 Å². The quantitative estimate of drug-likeness (QED) is 0.497. The highest BCUT2D eigenvalue weighted by atomic mass is 16.5. The number of rotatable bonds is 1. The van der Waals surface area contributed by atoms with E-state index in [1.54, 1.807) is 0 Å². The van der Waals surface area contributed by atoms with Crippen LogP contribution < -0.4 is 5.73 Å². The molecule has 1 saturated heterocycles. The molecule has 3 nitrogen and oxygen atoms in total. The molecule has 1 heterocycles. The van der Waals surface area contributed by atoms with Gasteiger partial charge in [0.25, 0.3) is 0 Å². The second kappa shape index (κ2) is 3.15. The van der Waals surface area contributed by atoms with E-state index in [9.17, 15) is 0 Å². The minimum Gasteiger partial charge on any atom is -0.396 e. The zero-order valence-electron chi connectivity index (χ0n) is 5.42. The molecule has 0 saturated carbocycles. The molecule has 9 heavy (non-hydrogen) atoms. The summed E-state index contributed by atoms with van der Waals surface area (Å²) in [5.74, 6) is 0.166. The van der Waals surface area contributed by atoms with Crippen molar-refractivity contribution in [1.82, 2.24) is 0 Å². The fourth-order valence-corrected chi connectivity index (χ4v) is 1.00. The first-order valence-corrected chi connectivity index (χ1v) is 3.28. The van der Waals surface area contributed by atoms with Crippen molar-refractivity contribution < 1.29 is 9.84 Å². The summed E-state index contributed by atoms with van der Waals surface area (Å²) in [5.41, 5.74) is 5.65. The first-order chi connectivity index (χ1) is 4.34. The molecule has 1 aliphatic rings. The van der Waals surface area contributed by atoms with Gasteiger partial charge < -0.3 is 15.6 Å². The molecule has 1 rings (SSSR count). The molecule has 2 atom stereocenters. The third-order valence-electron chi connectivity index (χ3n) is 1.77. The lowest BCUT2D eigenvalue weighted by molar-refractivity contribution is 0.0179. The fraction of sp³-hybridized carbons (Fsp3) is 1.00. The predicted molar refractivity (Wildman–Crippen MR) is 34.0 cm³/mol. The topological polar surface area (TPSA) is 55.5 Å². The van der Waals surface area contributed by atoms with Crippen LogP contribution in [0.3, 0.4) is 0 Å². The third-order valence-corrected chi connectivity index (χ3v) is 1.77. The van der Waals surface area contributed by atoms with E-state index < -0.39 is 0 Å². The Morgan fingerprint density at radius 3 is 2.89 bits per heavy atom. The van der Waals surface area contributed by atoms with E-state index in [1.807, 2.05) is 0 Å². The normalized spacial score (nSPS) is 36.7. The van der Waals surface area contributed by atoms with Gasteiger partial charge in [0.15, 0.2) is 0 Å². The Balaban J connectivity index is 2.30. The summed E-state index contributed by atoms with van der Waals surface area (Å²) >= 11 is 0. The highest BCUT2D eigenvalue weighted by Crippen LogP contribution is 2.10. The second-order valence-electron chi connectivity index (χ2n) is 2.47. The molecule has 0 aromatic rings. The van der Waals surface area contributed by atoms with Crippen LogP contribution >= 0.6 is 0 Å². The van der Waals surface area contributed by atoms with Crippen LogP contribution in [-0.4, -0.2) is 31.0 Å². The number of hydrogen-bond donors (Lipinski definition) is 2. The number of nitrogens with two attached hydrogens (primary N) is 1. The van der Waals surface area contributed by atoms with Crippen molar-refractivity contribution >= 4 is 0 Å². The summed E-state index contributed by atoms with van der Waals surface area (Å²) in [6.07, 6.45) is 0.880. The molecule has 0 bridgehead atoms. The van der Waals surface area contributed by atoms with Crippen LogP contribution in [0.25, 0.3) is 0 Å². The summed E-state index contributed by atoms with van der Waals surface area (Å²) in [6.45, 7) is 1.52. The lowest BCUT2D eigenvalue weighted by Crippen LogP contribution is -2.40. The van der Waals surface area contributed by atoms with Gasteiger partial charge in [-0.2, -0.15) is 0 Å². The van der Waals surface area contributed by atoms with E-state index in [-0.39, 0.29) is 18.6 Å². The van der Waals surface area contributed by atoms with Crippen molar-refractivity contribution in [3.63, 3.8) is 0 Å². The predicted octanol–water partition coefficient (Wildman–Crippen LogP) is -0.658. The summed E-state index contributed by atoms with van der Waals surface area (Å²) in [6, 6.07) is 0.142. The zero-order valence-corrected chi connectivity index (χ0v) is 5.42. The van der Waals surface area contributed by atoms with E-state index in [1.165, 1.54) is 0 Å². The van der Waals surface area contributed by atoms with Crippen molar-refractivity contribution in [3.05, 3.63) is 0 Å². The van der Waals surface area contributed by atoms with E-state index in [0.29, 0.717) is 6.61 Å². The SMILES string of the molecule is N[C@@H]1CCOC[C@H]1CO. The first-order valence-electron chi connectivity index (χ1n) is 3.28. The number of ether oxygens (including phenoxy) is 1. The van der Waals surface area contributed by atoms with E-state index in [0.717, 1.165) is 13.0 Å². The van der Waals surface area contributed by atoms with E-state index in [2.05, 4.69) is 0 Å². The molecule has 0 spiro atoms. The minimum absolute atomic E-state index is 0.142.